The molecule has 8 heteroatoms. The van der Waals surface area contributed by atoms with Gasteiger partial charge in [0.2, 0.25) is 0 Å². The average Bonchev–Trinajstić information content (AvgIpc) is 3.03. The van der Waals surface area contributed by atoms with Crippen molar-refractivity contribution in [3.63, 3.8) is 0 Å². The normalized spacial score (nSPS) is 18.7. The number of benzene rings is 1. The van der Waals surface area contributed by atoms with Gasteiger partial charge in [-0.2, -0.15) is 13.2 Å². The van der Waals surface area contributed by atoms with E-state index in [1.54, 1.807) is 16.3 Å². The summed E-state index contributed by atoms with van der Waals surface area (Å²) in [6.45, 7) is 3.90. The number of nitrogens with one attached hydrogen (secondary N) is 1. The Hall–Kier alpha value is -1.93. The van der Waals surface area contributed by atoms with E-state index in [9.17, 15) is 18.0 Å². The van der Waals surface area contributed by atoms with Crippen LogP contribution in [-0.2, 0) is 6.18 Å². The summed E-state index contributed by atoms with van der Waals surface area (Å²) >= 11 is 1.17. The molecule has 128 valence electrons. The number of alkyl halides is 3. The predicted octanol–water partition coefficient (Wildman–Crippen LogP) is 3.26. The molecule has 1 amide bonds. The van der Waals surface area contributed by atoms with E-state index in [0.29, 0.717) is 23.7 Å². The van der Waals surface area contributed by atoms with E-state index in [4.69, 9.17) is 0 Å². The molecular weight excluding hydrogens is 339 g/mol. The van der Waals surface area contributed by atoms with Crippen molar-refractivity contribution in [3.8, 4) is 10.6 Å². The van der Waals surface area contributed by atoms with E-state index in [2.05, 4.69) is 10.3 Å². The third-order valence-electron chi connectivity index (χ3n) is 3.82. The number of thiazole rings is 1. The molecule has 0 aliphatic carbocycles. The van der Waals surface area contributed by atoms with Crippen molar-refractivity contribution < 1.29 is 18.0 Å². The molecule has 1 saturated heterocycles. The number of hydrogen-bond acceptors (Lipinski definition) is 4. The Bertz CT molecular complexity index is 744. The molecule has 4 nitrogen and oxygen atoms in total. The molecule has 0 bridgehead atoms. The van der Waals surface area contributed by atoms with Crippen LogP contribution in [0.5, 0.6) is 0 Å². The van der Waals surface area contributed by atoms with Gasteiger partial charge in [0.25, 0.3) is 5.91 Å². The minimum atomic E-state index is -4.40. The molecule has 1 aromatic carbocycles. The molecule has 0 spiro atoms. The molecule has 0 saturated carbocycles. The van der Waals surface area contributed by atoms with Crippen molar-refractivity contribution in [3.05, 3.63) is 40.9 Å². The highest BCUT2D eigenvalue weighted by molar-refractivity contribution is 7.13. The average molecular weight is 355 g/mol. The second-order valence-corrected chi connectivity index (χ2v) is 6.58. The van der Waals surface area contributed by atoms with Gasteiger partial charge in [-0.3, -0.25) is 4.79 Å². The number of piperazine rings is 1. The fourth-order valence-corrected chi connectivity index (χ4v) is 3.40. The number of halogens is 3. The summed E-state index contributed by atoms with van der Waals surface area (Å²) < 4.78 is 38.4. The number of rotatable bonds is 2. The molecule has 1 unspecified atom stereocenters. The zero-order valence-corrected chi connectivity index (χ0v) is 13.7. The van der Waals surface area contributed by atoms with Gasteiger partial charge < -0.3 is 10.2 Å². The molecule has 1 N–H and O–H groups in total. The van der Waals surface area contributed by atoms with Crippen LogP contribution >= 0.6 is 11.3 Å². The van der Waals surface area contributed by atoms with Crippen molar-refractivity contribution in [2.45, 2.75) is 19.1 Å². The maximum Gasteiger partial charge on any atom is 0.416 e. The first-order valence-electron chi connectivity index (χ1n) is 7.50. The Labute approximate surface area is 141 Å². The fourth-order valence-electron chi connectivity index (χ4n) is 2.61. The topological polar surface area (TPSA) is 45.2 Å². The van der Waals surface area contributed by atoms with Gasteiger partial charge in [0.1, 0.15) is 10.7 Å². The summed E-state index contributed by atoms with van der Waals surface area (Å²) in [5.74, 6) is -0.183. The van der Waals surface area contributed by atoms with Gasteiger partial charge in [-0.15, -0.1) is 11.3 Å². The molecule has 3 rings (SSSR count). The third-order valence-corrected chi connectivity index (χ3v) is 4.71. The van der Waals surface area contributed by atoms with E-state index in [1.165, 1.54) is 17.4 Å². The summed E-state index contributed by atoms with van der Waals surface area (Å²) in [6, 6.07) is 5.20. The van der Waals surface area contributed by atoms with E-state index >= 15 is 0 Å². The Morgan fingerprint density at radius 3 is 2.92 bits per heavy atom. The summed E-state index contributed by atoms with van der Waals surface area (Å²) in [4.78, 5) is 18.4. The van der Waals surface area contributed by atoms with Crippen molar-refractivity contribution >= 4 is 17.2 Å². The highest BCUT2D eigenvalue weighted by atomic mass is 32.1. The van der Waals surface area contributed by atoms with Crippen LogP contribution < -0.4 is 5.32 Å². The highest BCUT2D eigenvalue weighted by Gasteiger charge is 2.31. The van der Waals surface area contributed by atoms with Gasteiger partial charge in [-0.25, -0.2) is 4.98 Å². The first-order valence-corrected chi connectivity index (χ1v) is 8.38. The second kappa shape index (κ2) is 6.52. The molecule has 2 heterocycles. The number of nitrogens with zero attached hydrogens (tertiary/aromatic N) is 2. The Kier molecular flexibility index (Phi) is 4.60. The van der Waals surface area contributed by atoms with Gasteiger partial charge >= 0.3 is 6.18 Å². The number of amides is 1. The Morgan fingerprint density at radius 1 is 1.42 bits per heavy atom. The van der Waals surface area contributed by atoms with Gasteiger partial charge in [0.15, 0.2) is 0 Å². The van der Waals surface area contributed by atoms with Crippen LogP contribution in [0.15, 0.2) is 29.6 Å². The monoisotopic (exact) mass is 355 g/mol. The quantitative estimate of drug-likeness (QED) is 0.899. The van der Waals surface area contributed by atoms with Crippen molar-refractivity contribution in [2.24, 2.45) is 0 Å². The summed E-state index contributed by atoms with van der Waals surface area (Å²) in [5.41, 5.74) is -0.0805. The molecule has 1 aliphatic rings. The first kappa shape index (κ1) is 16.9. The lowest BCUT2D eigenvalue weighted by molar-refractivity contribution is -0.137. The number of carbonyl (C=O) groups excluding carboxylic acids is 1. The molecule has 24 heavy (non-hydrogen) atoms. The fraction of sp³-hybridized carbons (Fsp3) is 0.375. The molecule has 2 aromatic rings. The van der Waals surface area contributed by atoms with E-state index in [-0.39, 0.29) is 17.6 Å². The number of hydrogen-bond donors (Lipinski definition) is 1. The van der Waals surface area contributed by atoms with Gasteiger partial charge in [-0.05, 0) is 19.1 Å². The first-order chi connectivity index (χ1) is 11.3. The zero-order chi connectivity index (χ0) is 17.3. The van der Waals surface area contributed by atoms with Crippen LogP contribution in [-0.4, -0.2) is 41.5 Å². The maximum absolute atomic E-state index is 12.8. The SMILES string of the molecule is CC1CN(C(=O)c2csc(-c3cccc(C(F)(F)F)c3)n2)CCN1. The van der Waals surface area contributed by atoms with Crippen molar-refractivity contribution in [1.82, 2.24) is 15.2 Å². The van der Waals surface area contributed by atoms with E-state index < -0.39 is 11.7 Å². The zero-order valence-electron chi connectivity index (χ0n) is 12.9. The summed E-state index contributed by atoms with van der Waals surface area (Å²) in [5, 5.41) is 5.26. The minimum absolute atomic E-state index is 0.183. The van der Waals surface area contributed by atoms with Gasteiger partial charge in [0.05, 0.1) is 5.56 Å². The van der Waals surface area contributed by atoms with Crippen LogP contribution in [0.1, 0.15) is 23.0 Å². The Morgan fingerprint density at radius 2 is 2.21 bits per heavy atom. The summed E-state index contributed by atoms with van der Waals surface area (Å²) in [6.07, 6.45) is -4.40. The van der Waals surface area contributed by atoms with Crippen LogP contribution in [0.2, 0.25) is 0 Å². The molecular formula is C16H16F3N3OS. The van der Waals surface area contributed by atoms with Crippen LogP contribution in [0.4, 0.5) is 13.2 Å². The summed E-state index contributed by atoms with van der Waals surface area (Å²) in [7, 11) is 0. The van der Waals surface area contributed by atoms with Crippen molar-refractivity contribution in [1.29, 1.82) is 0 Å². The molecule has 1 aromatic heterocycles. The molecule has 1 atom stereocenters. The predicted molar refractivity (Wildman–Crippen MR) is 85.9 cm³/mol. The third kappa shape index (κ3) is 3.59. The standard InChI is InChI=1S/C16H16F3N3OS/c1-10-8-22(6-5-20-10)15(23)13-9-24-14(21-13)11-3-2-4-12(7-11)16(17,18)19/h2-4,7,9-10,20H,5-6,8H2,1H3. The second-order valence-electron chi connectivity index (χ2n) is 5.72. The molecule has 0 radical (unpaired) electrons. The van der Waals surface area contributed by atoms with Crippen LogP contribution in [0.3, 0.4) is 0 Å². The maximum atomic E-state index is 12.8. The smallest absolute Gasteiger partial charge is 0.334 e. The van der Waals surface area contributed by atoms with E-state index in [1.807, 2.05) is 6.92 Å². The lowest BCUT2D eigenvalue weighted by Gasteiger charge is -2.31. The largest absolute Gasteiger partial charge is 0.416 e. The Balaban J connectivity index is 1.82. The lowest BCUT2D eigenvalue weighted by Crippen LogP contribution is -2.51. The van der Waals surface area contributed by atoms with E-state index in [0.717, 1.165) is 18.7 Å². The number of aromatic nitrogens is 1. The molecule has 1 aliphatic heterocycles. The highest BCUT2D eigenvalue weighted by Crippen LogP contribution is 2.33. The van der Waals surface area contributed by atoms with Gasteiger partial charge in [-0.1, -0.05) is 12.1 Å². The van der Waals surface area contributed by atoms with Crippen LogP contribution in [0, 0.1) is 0 Å². The minimum Gasteiger partial charge on any atom is -0.334 e. The number of carbonyl (C=O) groups is 1. The van der Waals surface area contributed by atoms with Crippen LogP contribution in [0.25, 0.3) is 10.6 Å². The molecule has 1 fully saturated rings. The van der Waals surface area contributed by atoms with Crippen molar-refractivity contribution in [2.75, 3.05) is 19.6 Å². The lowest BCUT2D eigenvalue weighted by atomic mass is 10.1. The van der Waals surface area contributed by atoms with Gasteiger partial charge in [0, 0.05) is 36.6 Å².